The molecule has 0 atom stereocenters. The number of rotatable bonds is 0. The quantitative estimate of drug-likeness (QED) is 0.0845. The third-order valence-electron chi connectivity index (χ3n) is 9.30. The largest absolute Gasteiger partial charge is 0.456 e. The van der Waals surface area contributed by atoms with Gasteiger partial charge in [-0.15, -0.1) is 34.0 Å². The van der Waals surface area contributed by atoms with Gasteiger partial charge in [-0.2, -0.15) is 22.0 Å². The molecule has 12 rings (SSSR count). The zero-order valence-electron chi connectivity index (χ0n) is 34.4. The topological polar surface area (TPSA) is 134 Å². The van der Waals surface area contributed by atoms with E-state index in [-0.39, 0.29) is 68.8 Å². The van der Waals surface area contributed by atoms with Crippen LogP contribution in [0.4, 0.5) is 52.7 Å². The standard InChI is InChI=1S/3C7H5F2NO.3C7H5F2NS.CH4/c1-3-5(9)7-6(10-3)4(8)2-11-7;1-3-6(9)7-4(10-3)2-5(8)11-7;1-3-2-4-6(10-3)5(8)7(9)11-4;1-3-5(9)7-6(10-3)4(8)2-11-7;1-3-6(9)7-4(10-3)2-5(8)11-7;1-3-2-4-6(10-3)5(8)7(9)11-4;/h6*2,10H,1H3;1H4. The Labute approximate surface area is 380 Å². The maximum Gasteiger partial charge on any atom is 0.317 e. The van der Waals surface area contributed by atoms with Crippen LogP contribution in [0, 0.1) is 110 Å². The van der Waals surface area contributed by atoms with Crippen molar-refractivity contribution in [2.24, 2.45) is 0 Å². The van der Waals surface area contributed by atoms with Crippen LogP contribution in [0.25, 0.3) is 63.9 Å². The van der Waals surface area contributed by atoms with Gasteiger partial charge in [0.2, 0.25) is 10.9 Å². The first kappa shape index (κ1) is 49.8. The number of fused-ring (bicyclic) bond motifs is 6. The summed E-state index contributed by atoms with van der Waals surface area (Å²) in [4.78, 5) is 15.9. The number of hydrogen-bond donors (Lipinski definition) is 6. The van der Waals surface area contributed by atoms with Crippen LogP contribution >= 0.6 is 34.0 Å². The number of aryl methyl sites for hydroxylation is 6. The Kier molecular flexibility index (Phi) is 14.6. The molecular weight excluding hydrogens is 973 g/mol. The second-order valence-corrected chi connectivity index (χ2v) is 17.1. The van der Waals surface area contributed by atoms with E-state index < -0.39 is 46.2 Å². The van der Waals surface area contributed by atoms with E-state index in [0.29, 0.717) is 47.9 Å². The summed E-state index contributed by atoms with van der Waals surface area (Å²) in [5, 5.41) is 0.195. The molecule has 0 fully saturated rings. The number of thiophene rings is 3. The Morgan fingerprint density at radius 1 is 0.478 bits per heavy atom. The molecule has 12 heterocycles. The minimum absolute atomic E-state index is 0. The zero-order chi connectivity index (χ0) is 48.0. The second-order valence-electron chi connectivity index (χ2n) is 14.2. The number of hydrogen-bond acceptors (Lipinski definition) is 6. The fraction of sp³-hybridized carbons (Fsp3) is 0.163. The Morgan fingerprint density at radius 3 is 1.69 bits per heavy atom. The second kappa shape index (κ2) is 19.7. The van der Waals surface area contributed by atoms with Gasteiger partial charge in [0.15, 0.2) is 62.6 Å². The molecular formula is C43H34F12N6O3S3. The lowest BCUT2D eigenvalue weighted by Crippen LogP contribution is -1.75. The summed E-state index contributed by atoms with van der Waals surface area (Å²) in [5.74, 6) is -4.38. The first-order chi connectivity index (χ1) is 31.1. The fourth-order valence-corrected chi connectivity index (χ4v) is 8.80. The van der Waals surface area contributed by atoms with Crippen LogP contribution in [0.15, 0.2) is 49.2 Å². The molecule has 9 nitrogen and oxygen atoms in total. The lowest BCUT2D eigenvalue weighted by Gasteiger charge is -1.81. The summed E-state index contributed by atoms with van der Waals surface area (Å²) in [6, 6.07) is 3.76. The van der Waals surface area contributed by atoms with E-state index in [9.17, 15) is 52.7 Å². The summed E-state index contributed by atoms with van der Waals surface area (Å²) in [7, 11) is 0. The highest BCUT2D eigenvalue weighted by Crippen LogP contribution is 2.31. The van der Waals surface area contributed by atoms with Crippen molar-refractivity contribution in [3.63, 3.8) is 0 Å². The van der Waals surface area contributed by atoms with Crippen molar-refractivity contribution in [3.05, 3.63) is 139 Å². The molecule has 67 heavy (non-hydrogen) atoms. The molecule has 12 aromatic rings. The van der Waals surface area contributed by atoms with Crippen molar-refractivity contribution < 1.29 is 65.9 Å². The van der Waals surface area contributed by atoms with Gasteiger partial charge in [-0.05, 0) is 47.6 Å². The smallest absolute Gasteiger partial charge is 0.317 e. The van der Waals surface area contributed by atoms with Gasteiger partial charge >= 0.3 is 6.01 Å². The van der Waals surface area contributed by atoms with Crippen molar-refractivity contribution in [2.75, 3.05) is 0 Å². The summed E-state index contributed by atoms with van der Waals surface area (Å²) in [6.45, 7) is 9.84. The molecule has 0 aliphatic carbocycles. The van der Waals surface area contributed by atoms with Crippen LogP contribution in [-0.2, 0) is 0 Å². The van der Waals surface area contributed by atoms with E-state index in [0.717, 1.165) is 57.7 Å². The number of aromatic nitrogens is 6. The highest BCUT2D eigenvalue weighted by Gasteiger charge is 2.18. The maximum absolute atomic E-state index is 13.0. The highest BCUT2D eigenvalue weighted by molar-refractivity contribution is 7.18. The van der Waals surface area contributed by atoms with Gasteiger partial charge in [0, 0.05) is 46.4 Å². The van der Waals surface area contributed by atoms with E-state index in [1.165, 1.54) is 18.4 Å². The van der Waals surface area contributed by atoms with Crippen LogP contribution in [-0.4, -0.2) is 29.9 Å². The van der Waals surface area contributed by atoms with E-state index in [4.69, 9.17) is 0 Å². The summed E-state index contributed by atoms with van der Waals surface area (Å²) < 4.78 is 167. The molecule has 0 amide bonds. The SMILES string of the molecule is C.Cc1[nH]c2c(F)coc2c1F.Cc1[nH]c2c(F)csc2c1F.Cc1[nH]c2cc(F)oc2c1F.Cc1[nH]c2cc(F)sc2c1F.Cc1cc2oc(F)c(F)c2[nH]1.Cc1cc2sc(F)c(F)c2[nH]1. The minimum atomic E-state index is -1.16. The molecule has 0 aliphatic heterocycles. The Bertz CT molecular complexity index is 3230. The van der Waals surface area contributed by atoms with Crippen LogP contribution in [0.3, 0.4) is 0 Å². The number of aromatic amines is 6. The Balaban J connectivity index is 0.000000132. The van der Waals surface area contributed by atoms with E-state index in [1.54, 1.807) is 39.8 Å². The number of furan rings is 3. The lowest BCUT2D eigenvalue weighted by atomic mass is 10.4. The van der Waals surface area contributed by atoms with Gasteiger partial charge in [-0.3, -0.25) is 0 Å². The average molecular weight is 1010 g/mol. The van der Waals surface area contributed by atoms with Gasteiger partial charge in [-0.1, -0.05) is 7.43 Å². The molecule has 24 heteroatoms. The molecule has 0 bridgehead atoms. The lowest BCUT2D eigenvalue weighted by molar-refractivity contribution is 0.342. The summed E-state index contributed by atoms with van der Waals surface area (Å²) in [6.07, 6.45) is 0.879. The van der Waals surface area contributed by atoms with Crippen LogP contribution in [0.5, 0.6) is 0 Å². The first-order valence-corrected chi connectivity index (χ1v) is 21.2. The minimum Gasteiger partial charge on any atom is -0.456 e. The van der Waals surface area contributed by atoms with Crippen molar-refractivity contribution in [1.82, 2.24) is 29.9 Å². The van der Waals surface area contributed by atoms with Crippen LogP contribution in [0.2, 0.25) is 0 Å². The van der Waals surface area contributed by atoms with Crippen molar-refractivity contribution in [2.45, 2.75) is 49.0 Å². The normalized spacial score (nSPS) is 11.0. The first-order valence-electron chi connectivity index (χ1n) is 18.7. The number of H-pyrrole nitrogens is 6. The number of halogens is 12. The molecule has 0 aromatic carbocycles. The maximum atomic E-state index is 13.0. The summed E-state index contributed by atoms with van der Waals surface area (Å²) >= 11 is 2.73. The summed E-state index contributed by atoms with van der Waals surface area (Å²) in [5.41, 5.74) is 4.91. The van der Waals surface area contributed by atoms with Crippen LogP contribution in [0.1, 0.15) is 41.6 Å². The predicted molar refractivity (Wildman–Crippen MR) is 235 cm³/mol. The molecule has 0 spiro atoms. The average Bonchev–Trinajstić information content (AvgIpc) is 4.17. The Morgan fingerprint density at radius 2 is 1.06 bits per heavy atom. The third kappa shape index (κ3) is 10.0. The van der Waals surface area contributed by atoms with Crippen molar-refractivity contribution in [3.8, 4) is 0 Å². The molecule has 0 saturated heterocycles. The predicted octanol–water partition coefficient (Wildman–Crippen LogP) is 16.1. The van der Waals surface area contributed by atoms with E-state index >= 15 is 0 Å². The van der Waals surface area contributed by atoms with Gasteiger partial charge in [0.1, 0.15) is 17.3 Å². The molecule has 356 valence electrons. The van der Waals surface area contributed by atoms with Gasteiger partial charge < -0.3 is 43.2 Å². The van der Waals surface area contributed by atoms with Gasteiger partial charge in [-0.25, -0.2) is 30.7 Å². The monoisotopic (exact) mass is 1010 g/mol. The van der Waals surface area contributed by atoms with Gasteiger partial charge in [0.25, 0.3) is 6.01 Å². The molecule has 0 aliphatic rings. The zero-order valence-corrected chi connectivity index (χ0v) is 36.9. The van der Waals surface area contributed by atoms with E-state index in [2.05, 4.69) is 43.2 Å². The molecule has 6 N–H and O–H groups in total. The third-order valence-corrected chi connectivity index (χ3v) is 12.1. The molecule has 0 radical (unpaired) electrons. The van der Waals surface area contributed by atoms with Crippen molar-refractivity contribution in [1.29, 1.82) is 0 Å². The van der Waals surface area contributed by atoms with Crippen molar-refractivity contribution >= 4 is 98.0 Å². The Hall–Kier alpha value is -6.66. The number of nitrogens with one attached hydrogen (secondary N) is 6. The van der Waals surface area contributed by atoms with E-state index in [1.807, 2.05) is 6.92 Å². The fourth-order valence-electron chi connectivity index (χ4n) is 6.24. The van der Waals surface area contributed by atoms with Crippen LogP contribution < -0.4 is 0 Å². The van der Waals surface area contributed by atoms with Gasteiger partial charge in [0.05, 0.1) is 47.6 Å². The molecule has 12 aromatic heterocycles. The molecule has 0 saturated carbocycles. The molecule has 0 unspecified atom stereocenters. The highest BCUT2D eigenvalue weighted by atomic mass is 32.1.